The lowest BCUT2D eigenvalue weighted by atomic mass is 10.1. The summed E-state index contributed by atoms with van der Waals surface area (Å²) < 4.78 is 0. The molecule has 0 saturated carbocycles. The summed E-state index contributed by atoms with van der Waals surface area (Å²) in [5, 5.41) is 5.98. The summed E-state index contributed by atoms with van der Waals surface area (Å²) in [5.41, 5.74) is 6.04. The number of halogens is 1. The maximum Gasteiger partial charge on any atom is 0.251 e. The molecule has 0 saturated heterocycles. The van der Waals surface area contributed by atoms with Crippen LogP contribution in [0.25, 0.3) is 0 Å². The first kappa shape index (κ1) is 17.4. The predicted molar refractivity (Wildman–Crippen MR) is 77.7 cm³/mol. The molecule has 1 aromatic rings. The van der Waals surface area contributed by atoms with Crippen molar-refractivity contribution < 1.29 is 9.59 Å². The van der Waals surface area contributed by atoms with E-state index in [1.807, 2.05) is 0 Å². The molecule has 0 radical (unpaired) electrons. The fourth-order valence-corrected chi connectivity index (χ4v) is 1.45. The molecule has 5 nitrogen and oxygen atoms in total. The van der Waals surface area contributed by atoms with Crippen molar-refractivity contribution in [3.63, 3.8) is 0 Å². The fourth-order valence-electron chi connectivity index (χ4n) is 1.45. The van der Waals surface area contributed by atoms with E-state index in [2.05, 4.69) is 17.6 Å². The van der Waals surface area contributed by atoms with E-state index < -0.39 is 5.91 Å². The molecule has 19 heavy (non-hydrogen) atoms. The standard InChI is InChI=1S/C13H19N3O2.ClH/c1-2-7-15-8-9-16-13(18)11-5-3-10(4-6-11)12(14)17;/h3-6,15H,2,7-9H2,1H3,(H2,14,17)(H,16,18);1H. The van der Waals surface area contributed by atoms with Gasteiger partial charge < -0.3 is 16.4 Å². The van der Waals surface area contributed by atoms with Gasteiger partial charge in [0.15, 0.2) is 0 Å². The van der Waals surface area contributed by atoms with E-state index in [0.717, 1.165) is 19.5 Å². The van der Waals surface area contributed by atoms with Gasteiger partial charge in [-0.3, -0.25) is 9.59 Å². The van der Waals surface area contributed by atoms with Crippen molar-refractivity contribution in [1.82, 2.24) is 10.6 Å². The molecule has 0 aliphatic carbocycles. The van der Waals surface area contributed by atoms with Gasteiger partial charge in [0.2, 0.25) is 5.91 Å². The van der Waals surface area contributed by atoms with Crippen LogP contribution in [-0.4, -0.2) is 31.4 Å². The second-order valence-corrected chi connectivity index (χ2v) is 3.95. The van der Waals surface area contributed by atoms with E-state index in [-0.39, 0.29) is 18.3 Å². The van der Waals surface area contributed by atoms with Crippen molar-refractivity contribution in [2.45, 2.75) is 13.3 Å². The van der Waals surface area contributed by atoms with Gasteiger partial charge in [-0.15, -0.1) is 12.4 Å². The van der Waals surface area contributed by atoms with Gasteiger partial charge in [0, 0.05) is 24.2 Å². The summed E-state index contributed by atoms with van der Waals surface area (Å²) in [6.07, 6.45) is 1.07. The number of carbonyl (C=O) groups excluding carboxylic acids is 2. The summed E-state index contributed by atoms with van der Waals surface area (Å²) in [6, 6.07) is 6.28. The van der Waals surface area contributed by atoms with Crippen LogP contribution in [0.3, 0.4) is 0 Å². The molecule has 0 spiro atoms. The molecular weight excluding hydrogens is 266 g/mol. The SMILES string of the molecule is CCCNCCNC(=O)c1ccc(C(N)=O)cc1.Cl. The molecule has 0 aromatic heterocycles. The van der Waals surface area contributed by atoms with Gasteiger partial charge in [-0.2, -0.15) is 0 Å². The van der Waals surface area contributed by atoms with E-state index in [4.69, 9.17) is 5.73 Å². The minimum absolute atomic E-state index is 0. The number of primary amides is 1. The summed E-state index contributed by atoms with van der Waals surface area (Å²) >= 11 is 0. The average Bonchev–Trinajstić information content (AvgIpc) is 2.38. The second kappa shape index (κ2) is 9.35. The molecule has 0 atom stereocenters. The molecule has 4 N–H and O–H groups in total. The number of hydrogen-bond donors (Lipinski definition) is 3. The van der Waals surface area contributed by atoms with Crippen molar-refractivity contribution in [2.75, 3.05) is 19.6 Å². The van der Waals surface area contributed by atoms with Gasteiger partial charge in [0.1, 0.15) is 0 Å². The Labute approximate surface area is 119 Å². The number of benzene rings is 1. The molecule has 0 unspecified atom stereocenters. The molecule has 0 heterocycles. The van der Waals surface area contributed by atoms with Crippen LogP contribution in [0.1, 0.15) is 34.1 Å². The Bertz CT molecular complexity index is 407. The van der Waals surface area contributed by atoms with E-state index >= 15 is 0 Å². The van der Waals surface area contributed by atoms with Crippen molar-refractivity contribution in [3.8, 4) is 0 Å². The maximum atomic E-state index is 11.7. The summed E-state index contributed by atoms with van der Waals surface area (Å²) in [4.78, 5) is 22.6. The van der Waals surface area contributed by atoms with Gasteiger partial charge in [-0.25, -0.2) is 0 Å². The van der Waals surface area contributed by atoms with E-state index in [9.17, 15) is 9.59 Å². The lowest BCUT2D eigenvalue weighted by Crippen LogP contribution is -2.32. The minimum atomic E-state index is -0.495. The Morgan fingerprint density at radius 1 is 1.05 bits per heavy atom. The molecule has 6 heteroatoms. The Morgan fingerprint density at radius 3 is 2.16 bits per heavy atom. The number of carbonyl (C=O) groups is 2. The third-order valence-corrected chi connectivity index (χ3v) is 2.45. The van der Waals surface area contributed by atoms with Gasteiger partial charge in [0.25, 0.3) is 5.91 Å². The quantitative estimate of drug-likeness (QED) is 0.652. The molecule has 106 valence electrons. The van der Waals surface area contributed by atoms with Crippen molar-refractivity contribution in [2.24, 2.45) is 5.73 Å². The number of nitrogens with two attached hydrogens (primary N) is 1. The lowest BCUT2D eigenvalue weighted by Gasteiger charge is -2.06. The normalized spacial score (nSPS) is 9.53. The number of rotatable bonds is 7. The summed E-state index contributed by atoms with van der Waals surface area (Å²) in [6.45, 7) is 4.37. The fraction of sp³-hybridized carbons (Fsp3) is 0.385. The van der Waals surface area contributed by atoms with Crippen LogP contribution in [0.2, 0.25) is 0 Å². The molecule has 0 bridgehead atoms. The highest BCUT2D eigenvalue weighted by molar-refractivity contribution is 5.97. The highest BCUT2D eigenvalue weighted by atomic mass is 35.5. The highest BCUT2D eigenvalue weighted by Gasteiger charge is 2.05. The first-order valence-corrected chi connectivity index (χ1v) is 6.04. The average molecular weight is 286 g/mol. The zero-order valence-electron chi connectivity index (χ0n) is 10.9. The Kier molecular flexibility index (Phi) is 8.57. The number of amides is 2. The summed E-state index contributed by atoms with van der Waals surface area (Å²) in [5.74, 6) is -0.643. The van der Waals surface area contributed by atoms with Crippen molar-refractivity contribution in [3.05, 3.63) is 35.4 Å². The summed E-state index contributed by atoms with van der Waals surface area (Å²) in [7, 11) is 0. The van der Waals surface area contributed by atoms with Gasteiger partial charge >= 0.3 is 0 Å². The Balaban J connectivity index is 0.00000324. The molecule has 0 aliphatic heterocycles. The van der Waals surface area contributed by atoms with E-state index in [1.54, 1.807) is 24.3 Å². The Morgan fingerprint density at radius 2 is 1.63 bits per heavy atom. The maximum absolute atomic E-state index is 11.7. The number of hydrogen-bond acceptors (Lipinski definition) is 3. The highest BCUT2D eigenvalue weighted by Crippen LogP contribution is 2.03. The Hall–Kier alpha value is -1.59. The first-order chi connectivity index (χ1) is 8.65. The van der Waals surface area contributed by atoms with Crippen molar-refractivity contribution in [1.29, 1.82) is 0 Å². The number of nitrogens with one attached hydrogen (secondary N) is 2. The molecule has 0 aliphatic rings. The molecule has 0 fully saturated rings. The molecule has 1 rings (SSSR count). The van der Waals surface area contributed by atoms with Gasteiger partial charge in [0.05, 0.1) is 0 Å². The van der Waals surface area contributed by atoms with Crippen LogP contribution >= 0.6 is 12.4 Å². The van der Waals surface area contributed by atoms with Crippen LogP contribution in [0, 0.1) is 0 Å². The first-order valence-electron chi connectivity index (χ1n) is 6.04. The van der Waals surface area contributed by atoms with Crippen LogP contribution < -0.4 is 16.4 Å². The third-order valence-electron chi connectivity index (χ3n) is 2.45. The van der Waals surface area contributed by atoms with E-state index in [1.165, 1.54) is 0 Å². The zero-order valence-corrected chi connectivity index (χ0v) is 11.8. The van der Waals surface area contributed by atoms with Crippen LogP contribution in [0.15, 0.2) is 24.3 Å². The third kappa shape index (κ3) is 6.22. The largest absolute Gasteiger partial charge is 0.366 e. The zero-order chi connectivity index (χ0) is 13.4. The van der Waals surface area contributed by atoms with Crippen LogP contribution in [0.5, 0.6) is 0 Å². The van der Waals surface area contributed by atoms with E-state index in [0.29, 0.717) is 17.7 Å². The molecular formula is C13H20ClN3O2. The van der Waals surface area contributed by atoms with Crippen molar-refractivity contribution >= 4 is 24.2 Å². The van der Waals surface area contributed by atoms with Crippen LogP contribution in [-0.2, 0) is 0 Å². The lowest BCUT2D eigenvalue weighted by molar-refractivity contribution is 0.0951. The monoisotopic (exact) mass is 285 g/mol. The second-order valence-electron chi connectivity index (χ2n) is 3.95. The minimum Gasteiger partial charge on any atom is -0.366 e. The van der Waals surface area contributed by atoms with Crippen LogP contribution in [0.4, 0.5) is 0 Å². The topological polar surface area (TPSA) is 84.2 Å². The molecule has 1 aromatic carbocycles. The van der Waals surface area contributed by atoms with Gasteiger partial charge in [-0.05, 0) is 37.2 Å². The smallest absolute Gasteiger partial charge is 0.251 e. The van der Waals surface area contributed by atoms with Gasteiger partial charge in [-0.1, -0.05) is 6.92 Å². The molecule has 2 amide bonds. The predicted octanol–water partition coefficient (Wildman–Crippen LogP) is 0.937.